The molecule has 66 valence electrons. The van der Waals surface area contributed by atoms with E-state index in [0.717, 1.165) is 11.8 Å². The minimum atomic E-state index is -0.120. The van der Waals surface area contributed by atoms with Crippen LogP contribution in [0, 0.1) is 17.8 Å². The Labute approximate surface area is 69.8 Å². The molecule has 1 fully saturated rings. The molecular formula is C10H20O. The first kappa shape index (κ1) is 9.05. The van der Waals surface area contributed by atoms with Gasteiger partial charge in [0.05, 0.1) is 6.10 Å². The lowest BCUT2D eigenvalue weighted by Crippen LogP contribution is -2.20. The van der Waals surface area contributed by atoms with Crippen molar-refractivity contribution >= 4 is 0 Å². The third kappa shape index (κ3) is 2.19. The maximum absolute atomic E-state index is 9.37. The van der Waals surface area contributed by atoms with E-state index in [1.54, 1.807) is 0 Å². The topological polar surface area (TPSA) is 20.2 Å². The van der Waals surface area contributed by atoms with Crippen molar-refractivity contribution in [1.82, 2.24) is 0 Å². The minimum absolute atomic E-state index is 0.120. The van der Waals surface area contributed by atoms with Crippen LogP contribution < -0.4 is 0 Å². The third-order valence-electron chi connectivity index (χ3n) is 3.24. The summed E-state index contributed by atoms with van der Waals surface area (Å²) in [6.07, 6.45) is 3.89. The average molecular weight is 156 g/mol. The molecule has 2 unspecified atom stereocenters. The van der Waals surface area contributed by atoms with Crippen LogP contribution in [0.2, 0.25) is 0 Å². The summed E-state index contributed by atoms with van der Waals surface area (Å²) in [5, 5.41) is 9.37. The molecule has 0 bridgehead atoms. The Balaban J connectivity index is 2.36. The lowest BCUT2D eigenvalue weighted by molar-refractivity contribution is 0.0990. The maximum Gasteiger partial charge on any atom is 0.0540 e. The van der Waals surface area contributed by atoms with Crippen molar-refractivity contribution in [3.8, 4) is 0 Å². The zero-order valence-corrected chi connectivity index (χ0v) is 7.88. The minimum Gasteiger partial charge on any atom is -0.393 e. The molecule has 0 radical (unpaired) electrons. The summed E-state index contributed by atoms with van der Waals surface area (Å²) in [5.41, 5.74) is 0. The van der Waals surface area contributed by atoms with E-state index in [0.29, 0.717) is 5.92 Å². The quantitative estimate of drug-likeness (QED) is 0.651. The van der Waals surface area contributed by atoms with Gasteiger partial charge < -0.3 is 5.11 Å². The van der Waals surface area contributed by atoms with Gasteiger partial charge in [0.25, 0.3) is 0 Å². The molecule has 0 aromatic rings. The Morgan fingerprint density at radius 3 is 2.27 bits per heavy atom. The second kappa shape index (κ2) is 3.57. The van der Waals surface area contributed by atoms with Crippen LogP contribution in [0.4, 0.5) is 0 Å². The van der Waals surface area contributed by atoms with Crippen molar-refractivity contribution in [3.05, 3.63) is 0 Å². The molecule has 4 atom stereocenters. The maximum atomic E-state index is 9.37. The fourth-order valence-electron chi connectivity index (χ4n) is 2.12. The summed E-state index contributed by atoms with van der Waals surface area (Å²) in [6.45, 7) is 6.40. The summed E-state index contributed by atoms with van der Waals surface area (Å²) < 4.78 is 0. The first-order valence-corrected chi connectivity index (χ1v) is 4.79. The molecule has 1 N–H and O–H groups in total. The molecule has 0 amide bonds. The molecule has 0 saturated heterocycles. The fourth-order valence-corrected chi connectivity index (χ4v) is 2.12. The van der Waals surface area contributed by atoms with Crippen molar-refractivity contribution in [2.75, 3.05) is 0 Å². The van der Waals surface area contributed by atoms with Gasteiger partial charge in [0.2, 0.25) is 0 Å². The molecule has 1 aliphatic rings. The number of rotatable bonds is 2. The van der Waals surface area contributed by atoms with Crippen molar-refractivity contribution in [2.45, 2.75) is 46.1 Å². The van der Waals surface area contributed by atoms with Gasteiger partial charge in [-0.05, 0) is 37.5 Å². The monoisotopic (exact) mass is 156 g/mol. The van der Waals surface area contributed by atoms with Crippen LogP contribution >= 0.6 is 0 Å². The second-order valence-electron chi connectivity index (χ2n) is 4.28. The summed E-state index contributed by atoms with van der Waals surface area (Å²) in [5.74, 6) is 2.17. The van der Waals surface area contributed by atoms with E-state index >= 15 is 0 Å². The van der Waals surface area contributed by atoms with Crippen LogP contribution in [0.3, 0.4) is 0 Å². The summed E-state index contributed by atoms with van der Waals surface area (Å²) in [7, 11) is 0. The number of hydrogen-bond acceptors (Lipinski definition) is 1. The number of aliphatic hydroxyl groups is 1. The molecule has 1 rings (SSSR count). The molecule has 0 aromatic carbocycles. The Kier molecular flexibility index (Phi) is 2.94. The fraction of sp³-hybridized carbons (Fsp3) is 1.00. The van der Waals surface area contributed by atoms with Crippen molar-refractivity contribution in [2.24, 2.45) is 17.8 Å². The Bertz CT molecular complexity index is 120. The number of hydrogen-bond donors (Lipinski definition) is 1. The predicted molar refractivity (Wildman–Crippen MR) is 47.3 cm³/mol. The highest BCUT2D eigenvalue weighted by Crippen LogP contribution is 2.36. The van der Waals surface area contributed by atoms with E-state index in [1.807, 2.05) is 6.92 Å². The third-order valence-corrected chi connectivity index (χ3v) is 3.24. The first-order chi connectivity index (χ1) is 5.11. The van der Waals surface area contributed by atoms with Gasteiger partial charge in [-0.3, -0.25) is 0 Å². The van der Waals surface area contributed by atoms with Crippen LogP contribution in [0.15, 0.2) is 0 Å². The van der Waals surface area contributed by atoms with Crippen LogP contribution in [0.25, 0.3) is 0 Å². The lowest BCUT2D eigenvalue weighted by atomic mass is 9.88. The van der Waals surface area contributed by atoms with Crippen LogP contribution in [-0.2, 0) is 0 Å². The van der Waals surface area contributed by atoms with Crippen molar-refractivity contribution in [3.63, 3.8) is 0 Å². The summed E-state index contributed by atoms with van der Waals surface area (Å²) in [6, 6.07) is 0. The second-order valence-corrected chi connectivity index (χ2v) is 4.28. The van der Waals surface area contributed by atoms with Gasteiger partial charge in [-0.15, -0.1) is 0 Å². The van der Waals surface area contributed by atoms with E-state index in [1.165, 1.54) is 19.3 Å². The molecule has 0 aliphatic heterocycles. The van der Waals surface area contributed by atoms with Crippen LogP contribution in [-0.4, -0.2) is 11.2 Å². The first-order valence-electron chi connectivity index (χ1n) is 4.79. The zero-order valence-electron chi connectivity index (χ0n) is 7.88. The molecular weight excluding hydrogens is 136 g/mol. The van der Waals surface area contributed by atoms with E-state index in [4.69, 9.17) is 0 Å². The van der Waals surface area contributed by atoms with Gasteiger partial charge in [0.15, 0.2) is 0 Å². The average Bonchev–Trinajstić information content (AvgIpc) is 2.34. The summed E-state index contributed by atoms with van der Waals surface area (Å²) >= 11 is 0. The van der Waals surface area contributed by atoms with E-state index in [-0.39, 0.29) is 6.10 Å². The van der Waals surface area contributed by atoms with E-state index in [2.05, 4.69) is 13.8 Å². The number of aliphatic hydroxyl groups excluding tert-OH is 1. The van der Waals surface area contributed by atoms with E-state index in [9.17, 15) is 5.11 Å². The molecule has 0 heterocycles. The molecule has 1 heteroatoms. The van der Waals surface area contributed by atoms with Crippen molar-refractivity contribution in [1.29, 1.82) is 0 Å². The Morgan fingerprint density at radius 2 is 1.91 bits per heavy atom. The SMILES string of the molecule is CC(C1CC[C@@H](C)C1)[C@H](C)O. The highest BCUT2D eigenvalue weighted by molar-refractivity contribution is 4.78. The molecule has 1 saturated carbocycles. The largest absolute Gasteiger partial charge is 0.393 e. The van der Waals surface area contributed by atoms with Gasteiger partial charge in [-0.25, -0.2) is 0 Å². The highest BCUT2D eigenvalue weighted by atomic mass is 16.3. The molecule has 1 nitrogen and oxygen atoms in total. The van der Waals surface area contributed by atoms with Crippen LogP contribution in [0.1, 0.15) is 40.0 Å². The van der Waals surface area contributed by atoms with Gasteiger partial charge in [-0.2, -0.15) is 0 Å². The molecule has 1 aliphatic carbocycles. The Morgan fingerprint density at radius 1 is 1.27 bits per heavy atom. The smallest absolute Gasteiger partial charge is 0.0540 e. The van der Waals surface area contributed by atoms with Gasteiger partial charge >= 0.3 is 0 Å². The zero-order chi connectivity index (χ0) is 8.43. The molecule has 11 heavy (non-hydrogen) atoms. The van der Waals surface area contributed by atoms with Gasteiger partial charge in [-0.1, -0.05) is 20.3 Å². The van der Waals surface area contributed by atoms with Gasteiger partial charge in [0, 0.05) is 0 Å². The molecule has 0 aromatic heterocycles. The van der Waals surface area contributed by atoms with Gasteiger partial charge in [0.1, 0.15) is 0 Å². The lowest BCUT2D eigenvalue weighted by Gasteiger charge is -2.21. The highest BCUT2D eigenvalue weighted by Gasteiger charge is 2.28. The van der Waals surface area contributed by atoms with Crippen LogP contribution in [0.5, 0.6) is 0 Å². The Hall–Kier alpha value is -0.0400. The summed E-state index contributed by atoms with van der Waals surface area (Å²) in [4.78, 5) is 0. The normalized spacial score (nSPS) is 37.1. The predicted octanol–water partition coefficient (Wildman–Crippen LogP) is 2.44. The van der Waals surface area contributed by atoms with Crippen molar-refractivity contribution < 1.29 is 5.11 Å². The molecule has 0 spiro atoms. The standard InChI is InChI=1S/C10H20O/c1-7-4-5-10(6-7)8(2)9(3)11/h7-11H,4-6H2,1-3H3/t7-,8?,9+,10?/m1/s1. The van der Waals surface area contributed by atoms with E-state index < -0.39 is 0 Å².